The number of esters is 1. The lowest BCUT2D eigenvalue weighted by molar-refractivity contribution is -0.159. The number of amides is 2. The fraction of sp³-hybridized carbons (Fsp3) is 0.512. The number of benzene rings is 3. The largest absolute Gasteiger partial charge is 0.496 e. The van der Waals surface area contributed by atoms with Gasteiger partial charge in [0.1, 0.15) is 18.1 Å². The molecule has 8 nitrogen and oxygen atoms in total. The zero-order chi connectivity index (χ0) is 35.9. The highest BCUT2D eigenvalue weighted by Gasteiger charge is 2.50. The van der Waals surface area contributed by atoms with E-state index in [0.29, 0.717) is 42.7 Å². The normalized spacial score (nSPS) is 29.1. The average Bonchev–Trinajstić information content (AvgIpc) is 3.83. The van der Waals surface area contributed by atoms with Gasteiger partial charge in [-0.3, -0.25) is 14.4 Å². The van der Waals surface area contributed by atoms with Gasteiger partial charge < -0.3 is 24.8 Å². The number of allylic oxidation sites excluding steroid dienone is 1. The van der Waals surface area contributed by atoms with Crippen LogP contribution in [0.4, 0.5) is 0 Å². The molecule has 0 unspecified atom stereocenters. The Balaban J connectivity index is 0.987. The van der Waals surface area contributed by atoms with Crippen LogP contribution in [0.2, 0.25) is 0 Å². The summed E-state index contributed by atoms with van der Waals surface area (Å²) in [6, 6.07) is 17.7. The van der Waals surface area contributed by atoms with Crippen LogP contribution in [0.25, 0.3) is 10.8 Å². The SMILES string of the molecule is COc1cc(C)c(OC2CCC(C)(C(=O)OCc3cccc4ccccc34)CC2)cc1C(=O)N[C@H]1[C@@H](C(=O)N[C@@H]2CCCC2(C)C)[C@@H]2C=C[C@H]1C2. The van der Waals surface area contributed by atoms with Crippen molar-refractivity contribution in [2.45, 2.75) is 104 Å². The standard InChI is InChI=1S/C43H52N2O6/c1-26-22-35(49-5)33(39(46)45-38-29-16-15-28(23-29)37(38)40(47)44-36-14-9-19-42(36,2)3)24-34(26)51-31-17-20-43(4,21-18-31)41(48)50-25-30-12-8-11-27-10-6-7-13-32(27)30/h6-8,10-13,15-16,22,24,28-29,31,36-38H,9,14,17-21,23,25H2,1-5H3,(H,44,47)(H,45,46)/t28-,29+,31?,36-,37+,38-,43?/m1/s1. The zero-order valence-corrected chi connectivity index (χ0v) is 30.6. The van der Waals surface area contributed by atoms with E-state index < -0.39 is 5.41 Å². The van der Waals surface area contributed by atoms with E-state index in [1.54, 1.807) is 13.2 Å². The Morgan fingerprint density at radius 3 is 2.35 bits per heavy atom. The molecule has 0 aliphatic heterocycles. The molecular weight excluding hydrogens is 640 g/mol. The topological polar surface area (TPSA) is 103 Å². The highest BCUT2D eigenvalue weighted by Crippen LogP contribution is 2.46. The van der Waals surface area contributed by atoms with Gasteiger partial charge in [0, 0.05) is 12.1 Å². The molecule has 4 aliphatic carbocycles. The molecule has 2 amide bonds. The fourth-order valence-electron chi connectivity index (χ4n) is 9.07. The monoisotopic (exact) mass is 692 g/mol. The molecule has 4 aliphatic rings. The molecule has 0 radical (unpaired) electrons. The molecule has 270 valence electrons. The lowest BCUT2D eigenvalue weighted by Crippen LogP contribution is -2.52. The molecule has 0 spiro atoms. The van der Waals surface area contributed by atoms with E-state index >= 15 is 0 Å². The molecule has 7 rings (SSSR count). The average molecular weight is 693 g/mol. The second-order valence-electron chi connectivity index (χ2n) is 16.3. The summed E-state index contributed by atoms with van der Waals surface area (Å²) in [5.74, 6) is 0.620. The number of rotatable bonds is 10. The highest BCUT2D eigenvalue weighted by atomic mass is 16.5. The van der Waals surface area contributed by atoms with Gasteiger partial charge >= 0.3 is 5.97 Å². The smallest absolute Gasteiger partial charge is 0.312 e. The van der Waals surface area contributed by atoms with E-state index in [-0.39, 0.29) is 65.7 Å². The lowest BCUT2D eigenvalue weighted by Gasteiger charge is -2.35. The van der Waals surface area contributed by atoms with Gasteiger partial charge in [0.05, 0.1) is 30.1 Å². The van der Waals surface area contributed by atoms with Crippen molar-refractivity contribution in [1.82, 2.24) is 10.6 Å². The van der Waals surface area contributed by atoms with Crippen LogP contribution >= 0.6 is 0 Å². The molecule has 5 atom stereocenters. The van der Waals surface area contributed by atoms with Crippen molar-refractivity contribution < 1.29 is 28.6 Å². The molecule has 2 bridgehead atoms. The van der Waals surface area contributed by atoms with Gasteiger partial charge in [0.15, 0.2) is 0 Å². The number of carbonyl (C=O) groups excluding carboxylic acids is 3. The van der Waals surface area contributed by atoms with E-state index in [1.165, 1.54) is 0 Å². The summed E-state index contributed by atoms with van der Waals surface area (Å²) < 4.78 is 18.1. The van der Waals surface area contributed by atoms with Crippen molar-refractivity contribution in [3.05, 3.63) is 83.4 Å². The van der Waals surface area contributed by atoms with Crippen LogP contribution in [-0.4, -0.2) is 43.1 Å². The van der Waals surface area contributed by atoms with Gasteiger partial charge in [-0.1, -0.05) is 74.9 Å². The molecule has 3 aromatic carbocycles. The van der Waals surface area contributed by atoms with Crippen LogP contribution in [0.5, 0.6) is 11.5 Å². The third-order valence-corrected chi connectivity index (χ3v) is 12.4. The summed E-state index contributed by atoms with van der Waals surface area (Å²) >= 11 is 0. The van der Waals surface area contributed by atoms with Crippen LogP contribution in [0.3, 0.4) is 0 Å². The first-order valence-corrected chi connectivity index (χ1v) is 18.7. The minimum absolute atomic E-state index is 0.0405. The number of ether oxygens (including phenoxy) is 3. The minimum Gasteiger partial charge on any atom is -0.496 e. The zero-order valence-electron chi connectivity index (χ0n) is 30.6. The van der Waals surface area contributed by atoms with Gasteiger partial charge in [0.2, 0.25) is 5.91 Å². The van der Waals surface area contributed by atoms with Gasteiger partial charge in [-0.15, -0.1) is 0 Å². The number of methoxy groups -OCH3 is 1. The van der Waals surface area contributed by atoms with E-state index in [1.807, 2.05) is 44.2 Å². The molecule has 0 saturated heterocycles. The first-order chi connectivity index (χ1) is 24.5. The molecule has 51 heavy (non-hydrogen) atoms. The van der Waals surface area contributed by atoms with Crippen molar-refractivity contribution in [2.24, 2.45) is 28.6 Å². The number of hydrogen-bond donors (Lipinski definition) is 2. The third-order valence-electron chi connectivity index (χ3n) is 12.4. The summed E-state index contributed by atoms with van der Waals surface area (Å²) in [4.78, 5) is 41.0. The van der Waals surface area contributed by atoms with Gasteiger partial charge in [0.25, 0.3) is 5.91 Å². The number of aryl methyl sites for hydroxylation is 1. The van der Waals surface area contributed by atoms with Gasteiger partial charge in [-0.25, -0.2) is 0 Å². The summed E-state index contributed by atoms with van der Waals surface area (Å²) in [6.07, 6.45) is 11.0. The minimum atomic E-state index is -0.587. The summed E-state index contributed by atoms with van der Waals surface area (Å²) in [7, 11) is 1.56. The van der Waals surface area contributed by atoms with E-state index in [2.05, 4.69) is 54.8 Å². The maximum Gasteiger partial charge on any atom is 0.312 e. The number of nitrogens with one attached hydrogen (secondary N) is 2. The molecule has 8 heteroatoms. The second kappa shape index (κ2) is 14.0. The summed E-state index contributed by atoms with van der Waals surface area (Å²) in [6.45, 7) is 8.63. The maximum atomic E-state index is 14.0. The number of hydrogen-bond acceptors (Lipinski definition) is 6. The van der Waals surface area contributed by atoms with Crippen molar-refractivity contribution in [1.29, 1.82) is 0 Å². The molecule has 0 heterocycles. The number of carbonyl (C=O) groups is 3. The van der Waals surface area contributed by atoms with Crippen molar-refractivity contribution in [2.75, 3.05) is 7.11 Å². The van der Waals surface area contributed by atoms with Crippen LogP contribution in [0.15, 0.2) is 66.7 Å². The Morgan fingerprint density at radius 2 is 1.61 bits per heavy atom. The Morgan fingerprint density at radius 1 is 0.863 bits per heavy atom. The Kier molecular flexibility index (Phi) is 9.63. The Hall–Kier alpha value is -4.33. The quantitative estimate of drug-likeness (QED) is 0.166. The van der Waals surface area contributed by atoms with Crippen molar-refractivity contribution in [3.8, 4) is 11.5 Å². The summed E-state index contributed by atoms with van der Waals surface area (Å²) in [5, 5.41) is 8.83. The number of fused-ring (bicyclic) bond motifs is 3. The Bertz CT molecular complexity index is 1830. The lowest BCUT2D eigenvalue weighted by atomic mass is 9.74. The first kappa shape index (κ1) is 35.1. The van der Waals surface area contributed by atoms with Crippen molar-refractivity contribution >= 4 is 28.6 Å². The molecule has 3 fully saturated rings. The summed E-state index contributed by atoms with van der Waals surface area (Å²) in [5.41, 5.74) is 1.74. The van der Waals surface area contributed by atoms with Crippen LogP contribution in [0, 0.1) is 35.5 Å². The molecule has 0 aromatic heterocycles. The first-order valence-electron chi connectivity index (χ1n) is 18.7. The highest BCUT2D eigenvalue weighted by molar-refractivity contribution is 5.98. The van der Waals surface area contributed by atoms with Crippen molar-refractivity contribution in [3.63, 3.8) is 0 Å². The van der Waals surface area contributed by atoms with E-state index in [9.17, 15) is 14.4 Å². The van der Waals surface area contributed by atoms with Gasteiger partial charge in [-0.05, 0) is 110 Å². The second-order valence-corrected chi connectivity index (χ2v) is 16.3. The Labute approximate surface area is 301 Å². The van der Waals surface area contributed by atoms with Crippen LogP contribution in [0.1, 0.15) is 93.6 Å². The predicted octanol–water partition coefficient (Wildman–Crippen LogP) is 7.84. The third kappa shape index (κ3) is 6.98. The van der Waals surface area contributed by atoms with E-state index in [0.717, 1.165) is 47.6 Å². The molecular formula is C43H52N2O6. The molecule has 3 aromatic rings. The van der Waals surface area contributed by atoms with Gasteiger partial charge in [-0.2, -0.15) is 0 Å². The molecule has 3 saturated carbocycles. The molecule has 2 N–H and O–H groups in total. The van der Waals surface area contributed by atoms with Crippen LogP contribution in [-0.2, 0) is 20.9 Å². The fourth-order valence-corrected chi connectivity index (χ4v) is 9.07. The van der Waals surface area contributed by atoms with Crippen LogP contribution < -0.4 is 20.1 Å². The van der Waals surface area contributed by atoms with E-state index in [4.69, 9.17) is 14.2 Å². The predicted molar refractivity (Wildman–Crippen MR) is 198 cm³/mol. The maximum absolute atomic E-state index is 14.0.